The molecule has 3 heteroatoms. The number of rotatable bonds is 8. The average molecular weight is 454 g/mol. The van der Waals surface area contributed by atoms with Crippen molar-refractivity contribution in [3.63, 3.8) is 0 Å². The van der Waals surface area contributed by atoms with Gasteiger partial charge in [-0.15, -0.1) is 11.8 Å². The standard InChI is InChI=1S/C30H31NOS/c1-2-8-28(9-3-1)33-19-17-23-10-14-26(15-11-23)29-16-18-31-21-30(29)32-22-24-12-13-25-6-4-5-7-27(25)20-24/h1-15,20,29-31H,16-19,21-22H2. The lowest BCUT2D eigenvalue weighted by Crippen LogP contribution is -2.40. The molecule has 2 atom stereocenters. The Morgan fingerprint density at radius 2 is 1.55 bits per heavy atom. The first kappa shape index (κ1) is 22.2. The zero-order valence-electron chi connectivity index (χ0n) is 19.0. The Labute approximate surface area is 201 Å². The third-order valence-corrected chi connectivity index (χ3v) is 7.53. The quantitative estimate of drug-likeness (QED) is 0.295. The van der Waals surface area contributed by atoms with Gasteiger partial charge in [-0.05, 0) is 65.0 Å². The number of hydrogen-bond acceptors (Lipinski definition) is 3. The molecular formula is C30H31NOS. The molecule has 2 nitrogen and oxygen atoms in total. The predicted octanol–water partition coefficient (Wildman–Crippen LogP) is 6.84. The van der Waals surface area contributed by atoms with Gasteiger partial charge >= 0.3 is 0 Å². The van der Waals surface area contributed by atoms with Crippen LogP contribution in [0.25, 0.3) is 10.8 Å². The van der Waals surface area contributed by atoms with Gasteiger partial charge in [-0.25, -0.2) is 0 Å². The number of nitrogens with one attached hydrogen (secondary N) is 1. The second-order valence-electron chi connectivity index (χ2n) is 8.78. The van der Waals surface area contributed by atoms with Crippen LogP contribution in [-0.4, -0.2) is 24.9 Å². The van der Waals surface area contributed by atoms with E-state index in [1.54, 1.807) is 0 Å². The Morgan fingerprint density at radius 1 is 0.788 bits per heavy atom. The Kier molecular flexibility index (Phi) is 7.42. The molecule has 1 aliphatic heterocycles. The second-order valence-corrected chi connectivity index (χ2v) is 9.95. The molecule has 1 heterocycles. The van der Waals surface area contributed by atoms with Gasteiger partial charge in [0.15, 0.2) is 0 Å². The minimum Gasteiger partial charge on any atom is -0.372 e. The Bertz CT molecular complexity index is 1160. The lowest BCUT2D eigenvalue weighted by atomic mass is 9.87. The number of piperidine rings is 1. The van der Waals surface area contributed by atoms with Crippen LogP contribution in [-0.2, 0) is 17.8 Å². The molecule has 4 aromatic carbocycles. The first-order valence-electron chi connectivity index (χ1n) is 11.9. The Balaban J connectivity index is 1.18. The van der Waals surface area contributed by atoms with Crippen molar-refractivity contribution in [3.05, 3.63) is 114 Å². The van der Waals surface area contributed by atoms with Gasteiger partial charge in [0.2, 0.25) is 0 Å². The molecule has 0 radical (unpaired) electrons. The molecule has 0 spiro atoms. The Hall–Kier alpha value is -2.59. The van der Waals surface area contributed by atoms with E-state index in [1.165, 1.54) is 32.4 Å². The van der Waals surface area contributed by atoms with E-state index in [0.717, 1.165) is 31.7 Å². The normalized spacial score (nSPS) is 18.4. The van der Waals surface area contributed by atoms with Crippen molar-refractivity contribution >= 4 is 22.5 Å². The number of hydrogen-bond donors (Lipinski definition) is 1. The molecule has 0 aliphatic carbocycles. The van der Waals surface area contributed by atoms with Crippen LogP contribution in [0.15, 0.2) is 102 Å². The average Bonchev–Trinajstić information content (AvgIpc) is 2.89. The monoisotopic (exact) mass is 453 g/mol. The zero-order valence-corrected chi connectivity index (χ0v) is 19.8. The van der Waals surface area contributed by atoms with Crippen molar-refractivity contribution in [2.75, 3.05) is 18.8 Å². The summed E-state index contributed by atoms with van der Waals surface area (Å²) < 4.78 is 6.46. The van der Waals surface area contributed by atoms with Crippen LogP contribution in [0, 0.1) is 0 Å². The van der Waals surface area contributed by atoms with Crippen LogP contribution < -0.4 is 5.32 Å². The molecule has 0 aromatic heterocycles. The molecule has 1 aliphatic rings. The summed E-state index contributed by atoms with van der Waals surface area (Å²) in [6.07, 6.45) is 2.41. The summed E-state index contributed by atoms with van der Waals surface area (Å²) in [5.41, 5.74) is 4.05. The van der Waals surface area contributed by atoms with Gasteiger partial charge in [0.1, 0.15) is 0 Å². The highest BCUT2D eigenvalue weighted by molar-refractivity contribution is 7.99. The maximum absolute atomic E-state index is 6.46. The van der Waals surface area contributed by atoms with Crippen molar-refractivity contribution < 1.29 is 4.74 Å². The van der Waals surface area contributed by atoms with Crippen LogP contribution >= 0.6 is 11.8 Å². The summed E-state index contributed by atoms with van der Waals surface area (Å²) >= 11 is 1.92. The number of ether oxygens (including phenoxy) is 1. The molecular weight excluding hydrogens is 422 g/mol. The molecule has 33 heavy (non-hydrogen) atoms. The molecule has 0 saturated carbocycles. The lowest BCUT2D eigenvalue weighted by Gasteiger charge is -2.32. The number of fused-ring (bicyclic) bond motifs is 1. The van der Waals surface area contributed by atoms with Crippen LogP contribution in [0.5, 0.6) is 0 Å². The first-order valence-corrected chi connectivity index (χ1v) is 12.9. The molecule has 0 bridgehead atoms. The fourth-order valence-corrected chi connectivity index (χ4v) is 5.58. The Morgan fingerprint density at radius 3 is 2.39 bits per heavy atom. The van der Waals surface area contributed by atoms with Crippen LogP contribution in [0.2, 0.25) is 0 Å². The predicted molar refractivity (Wildman–Crippen MR) is 140 cm³/mol. The molecule has 5 rings (SSSR count). The summed E-state index contributed by atoms with van der Waals surface area (Å²) in [5, 5.41) is 6.08. The maximum Gasteiger partial charge on any atom is 0.0772 e. The summed E-state index contributed by atoms with van der Waals surface area (Å²) in [5.74, 6) is 1.55. The molecule has 4 aromatic rings. The van der Waals surface area contributed by atoms with Crippen LogP contribution in [0.4, 0.5) is 0 Å². The number of benzene rings is 4. The summed E-state index contributed by atoms with van der Waals surface area (Å²) in [7, 11) is 0. The highest BCUT2D eigenvalue weighted by Gasteiger charge is 2.27. The zero-order chi connectivity index (χ0) is 22.3. The van der Waals surface area contributed by atoms with Crippen molar-refractivity contribution in [2.24, 2.45) is 0 Å². The fourth-order valence-electron chi connectivity index (χ4n) is 4.65. The van der Waals surface area contributed by atoms with Crippen LogP contribution in [0.1, 0.15) is 29.0 Å². The van der Waals surface area contributed by atoms with Gasteiger partial charge in [-0.3, -0.25) is 0 Å². The van der Waals surface area contributed by atoms with Gasteiger partial charge in [-0.2, -0.15) is 0 Å². The van der Waals surface area contributed by atoms with Gasteiger partial charge in [0.05, 0.1) is 12.7 Å². The van der Waals surface area contributed by atoms with E-state index in [0.29, 0.717) is 12.5 Å². The third-order valence-electron chi connectivity index (χ3n) is 6.51. The largest absolute Gasteiger partial charge is 0.372 e. The lowest BCUT2D eigenvalue weighted by molar-refractivity contribution is 0.0106. The second kappa shape index (κ2) is 11.0. The molecule has 1 fully saturated rings. The molecule has 1 saturated heterocycles. The van der Waals surface area contributed by atoms with E-state index in [4.69, 9.17) is 4.74 Å². The first-order chi connectivity index (χ1) is 16.3. The fraction of sp³-hybridized carbons (Fsp3) is 0.267. The van der Waals surface area contributed by atoms with E-state index in [2.05, 4.69) is 102 Å². The summed E-state index contributed by atoms with van der Waals surface area (Å²) in [4.78, 5) is 1.34. The SMILES string of the molecule is c1ccc(SCCc2ccc(C3CCNCC3OCc3ccc4ccccc4c3)cc2)cc1. The third kappa shape index (κ3) is 5.86. The van der Waals surface area contributed by atoms with Gasteiger partial charge in [0, 0.05) is 23.1 Å². The van der Waals surface area contributed by atoms with E-state index in [-0.39, 0.29) is 6.10 Å². The highest BCUT2D eigenvalue weighted by atomic mass is 32.2. The van der Waals surface area contributed by atoms with E-state index < -0.39 is 0 Å². The van der Waals surface area contributed by atoms with Crippen molar-refractivity contribution in [2.45, 2.75) is 36.4 Å². The topological polar surface area (TPSA) is 21.3 Å². The van der Waals surface area contributed by atoms with Crippen molar-refractivity contribution in [3.8, 4) is 0 Å². The smallest absolute Gasteiger partial charge is 0.0772 e. The maximum atomic E-state index is 6.46. The van der Waals surface area contributed by atoms with E-state index in [9.17, 15) is 0 Å². The minimum atomic E-state index is 0.199. The van der Waals surface area contributed by atoms with Crippen LogP contribution in [0.3, 0.4) is 0 Å². The number of thioether (sulfide) groups is 1. The van der Waals surface area contributed by atoms with Crippen molar-refractivity contribution in [1.82, 2.24) is 5.32 Å². The molecule has 2 unspecified atom stereocenters. The molecule has 1 N–H and O–H groups in total. The highest BCUT2D eigenvalue weighted by Crippen LogP contribution is 2.29. The van der Waals surface area contributed by atoms with Crippen molar-refractivity contribution in [1.29, 1.82) is 0 Å². The molecule has 168 valence electrons. The minimum absolute atomic E-state index is 0.199. The summed E-state index contributed by atoms with van der Waals surface area (Å²) in [6.45, 7) is 2.62. The van der Waals surface area contributed by atoms with E-state index in [1.807, 2.05) is 11.8 Å². The molecule has 0 amide bonds. The summed E-state index contributed by atoms with van der Waals surface area (Å²) in [6, 6.07) is 35.1. The van der Waals surface area contributed by atoms with E-state index >= 15 is 0 Å². The van der Waals surface area contributed by atoms with Gasteiger partial charge in [0.25, 0.3) is 0 Å². The number of aryl methyl sites for hydroxylation is 1. The van der Waals surface area contributed by atoms with Gasteiger partial charge in [-0.1, -0.05) is 78.9 Å². The van der Waals surface area contributed by atoms with Gasteiger partial charge < -0.3 is 10.1 Å².